The predicted octanol–water partition coefficient (Wildman–Crippen LogP) is 1.51. The van der Waals surface area contributed by atoms with E-state index in [1.807, 2.05) is 6.92 Å². The number of hydrogen-bond donors (Lipinski definition) is 2. The summed E-state index contributed by atoms with van der Waals surface area (Å²) in [5.74, 6) is 1.59. The summed E-state index contributed by atoms with van der Waals surface area (Å²) in [4.78, 5) is 32.4. The Hall–Kier alpha value is -2.85. The van der Waals surface area contributed by atoms with Crippen LogP contribution in [0.1, 0.15) is 17.4 Å². The minimum absolute atomic E-state index is 0.0592. The van der Waals surface area contributed by atoms with Gasteiger partial charge < -0.3 is 20.7 Å². The van der Waals surface area contributed by atoms with Crippen molar-refractivity contribution in [3.8, 4) is 11.4 Å². The summed E-state index contributed by atoms with van der Waals surface area (Å²) in [6, 6.07) is 0. The number of morpholine rings is 1. The van der Waals surface area contributed by atoms with Gasteiger partial charge in [-0.15, -0.1) is 11.3 Å². The lowest BCUT2D eigenvalue weighted by atomic mass is 10.2. The number of nitrogen functional groups attached to an aromatic ring is 1. The Morgan fingerprint density at radius 2 is 2.00 bits per heavy atom. The zero-order valence-corrected chi connectivity index (χ0v) is 16.5. The molecule has 0 aliphatic carbocycles. The van der Waals surface area contributed by atoms with Crippen molar-refractivity contribution < 1.29 is 9.53 Å². The number of nitrogens with one attached hydrogen (secondary N) is 1. The molecule has 1 aliphatic rings. The van der Waals surface area contributed by atoms with Crippen LogP contribution in [-0.4, -0.2) is 52.1 Å². The Bertz CT molecular complexity index is 1010. The molecule has 146 valence electrons. The summed E-state index contributed by atoms with van der Waals surface area (Å²) in [6.07, 6.45) is 3.26. The van der Waals surface area contributed by atoms with Gasteiger partial charge in [0.1, 0.15) is 0 Å². The van der Waals surface area contributed by atoms with Gasteiger partial charge in [-0.1, -0.05) is 0 Å². The van der Waals surface area contributed by atoms with Crippen LogP contribution in [0.25, 0.3) is 21.6 Å². The van der Waals surface area contributed by atoms with Crippen molar-refractivity contribution in [1.29, 1.82) is 0 Å². The lowest BCUT2D eigenvalue weighted by Crippen LogP contribution is -2.36. The fourth-order valence-electron chi connectivity index (χ4n) is 3.06. The summed E-state index contributed by atoms with van der Waals surface area (Å²) < 4.78 is 6.51. The highest BCUT2D eigenvalue weighted by Gasteiger charge is 2.22. The third kappa shape index (κ3) is 3.60. The SMILES string of the molecule is CC(=O)NCc1sc2c(N3CCOCC3)nc(-c3cnc(N)nc3)nc2c1C. The highest BCUT2D eigenvalue weighted by Crippen LogP contribution is 2.37. The van der Waals surface area contributed by atoms with Crippen LogP contribution >= 0.6 is 11.3 Å². The van der Waals surface area contributed by atoms with Gasteiger partial charge in [0.25, 0.3) is 0 Å². The molecule has 3 aromatic heterocycles. The number of carbonyl (C=O) groups excluding carboxylic acids is 1. The Morgan fingerprint density at radius 1 is 1.29 bits per heavy atom. The quantitative estimate of drug-likeness (QED) is 0.678. The lowest BCUT2D eigenvalue weighted by Gasteiger charge is -2.28. The van der Waals surface area contributed by atoms with Gasteiger partial charge in [-0.3, -0.25) is 4.79 Å². The molecular weight excluding hydrogens is 378 g/mol. The minimum atomic E-state index is -0.0592. The number of nitrogens with zero attached hydrogens (tertiary/aromatic N) is 5. The minimum Gasteiger partial charge on any atom is -0.378 e. The van der Waals surface area contributed by atoms with E-state index < -0.39 is 0 Å². The number of ether oxygens (including phenoxy) is 1. The molecule has 0 unspecified atom stereocenters. The third-order valence-corrected chi connectivity index (χ3v) is 5.86. The number of thiophene rings is 1. The maximum atomic E-state index is 11.3. The summed E-state index contributed by atoms with van der Waals surface area (Å²) >= 11 is 1.62. The number of aryl methyl sites for hydroxylation is 1. The van der Waals surface area contributed by atoms with Crippen molar-refractivity contribution in [1.82, 2.24) is 25.3 Å². The number of nitrogens with two attached hydrogens (primary N) is 1. The van der Waals surface area contributed by atoms with Crippen LogP contribution in [0.5, 0.6) is 0 Å². The van der Waals surface area contributed by atoms with Crippen molar-refractivity contribution in [2.24, 2.45) is 0 Å². The van der Waals surface area contributed by atoms with Gasteiger partial charge in [-0.05, 0) is 12.5 Å². The van der Waals surface area contributed by atoms with Crippen LogP contribution in [0, 0.1) is 6.92 Å². The Morgan fingerprint density at radius 3 is 2.68 bits per heavy atom. The largest absolute Gasteiger partial charge is 0.378 e. The zero-order chi connectivity index (χ0) is 19.7. The normalized spacial score (nSPS) is 14.4. The molecule has 0 bridgehead atoms. The van der Waals surface area contributed by atoms with E-state index in [-0.39, 0.29) is 11.9 Å². The van der Waals surface area contributed by atoms with E-state index in [0.717, 1.165) is 39.6 Å². The van der Waals surface area contributed by atoms with E-state index in [9.17, 15) is 4.79 Å². The van der Waals surface area contributed by atoms with Gasteiger partial charge in [0.05, 0.1) is 35.5 Å². The van der Waals surface area contributed by atoms with Gasteiger partial charge in [0.15, 0.2) is 11.6 Å². The van der Waals surface area contributed by atoms with Crippen LogP contribution in [0.2, 0.25) is 0 Å². The summed E-state index contributed by atoms with van der Waals surface area (Å²) in [7, 11) is 0. The molecule has 28 heavy (non-hydrogen) atoms. The first-order valence-corrected chi connectivity index (χ1v) is 9.79. The van der Waals surface area contributed by atoms with Crippen molar-refractivity contribution in [2.45, 2.75) is 20.4 Å². The van der Waals surface area contributed by atoms with E-state index >= 15 is 0 Å². The average Bonchev–Trinajstić information content (AvgIpc) is 3.03. The molecule has 0 aromatic carbocycles. The van der Waals surface area contributed by atoms with Crippen molar-refractivity contribution >= 4 is 39.2 Å². The number of hydrogen-bond acceptors (Lipinski definition) is 9. The Labute approximate surface area is 166 Å². The predicted molar refractivity (Wildman–Crippen MR) is 108 cm³/mol. The number of rotatable bonds is 4. The van der Waals surface area contributed by atoms with Gasteiger partial charge in [-0.2, -0.15) is 0 Å². The van der Waals surface area contributed by atoms with Gasteiger partial charge in [0.2, 0.25) is 11.9 Å². The lowest BCUT2D eigenvalue weighted by molar-refractivity contribution is -0.119. The van der Waals surface area contributed by atoms with Crippen LogP contribution in [0.4, 0.5) is 11.8 Å². The smallest absolute Gasteiger partial charge is 0.219 e. The fraction of sp³-hybridized carbons (Fsp3) is 0.389. The standard InChI is InChI=1S/C18H21N7O2S/c1-10-13(9-20-11(2)26)28-15-14(10)23-16(12-7-21-18(19)22-8-12)24-17(15)25-3-5-27-6-4-25/h7-8H,3-6,9H2,1-2H3,(H,20,26)(H2,19,21,22). The summed E-state index contributed by atoms with van der Waals surface area (Å²) in [5, 5.41) is 2.87. The van der Waals surface area contributed by atoms with Gasteiger partial charge in [0, 0.05) is 37.3 Å². The van der Waals surface area contributed by atoms with Gasteiger partial charge in [-0.25, -0.2) is 19.9 Å². The third-order valence-electron chi connectivity index (χ3n) is 4.58. The topological polar surface area (TPSA) is 119 Å². The molecule has 9 nitrogen and oxygen atoms in total. The molecule has 1 aliphatic heterocycles. The molecule has 1 fully saturated rings. The zero-order valence-electron chi connectivity index (χ0n) is 15.7. The van der Waals surface area contributed by atoms with E-state index in [4.69, 9.17) is 20.4 Å². The number of aromatic nitrogens is 4. The Kier molecular flexibility index (Phi) is 5.05. The number of fused-ring (bicyclic) bond motifs is 1. The molecular formula is C18H21N7O2S. The monoisotopic (exact) mass is 399 g/mol. The van der Waals surface area contributed by atoms with Crippen molar-refractivity contribution in [2.75, 3.05) is 36.9 Å². The number of anilines is 2. The van der Waals surface area contributed by atoms with E-state index in [0.29, 0.717) is 31.1 Å². The van der Waals surface area contributed by atoms with Crippen LogP contribution < -0.4 is 16.0 Å². The van der Waals surface area contributed by atoms with Crippen LogP contribution in [0.3, 0.4) is 0 Å². The second-order valence-electron chi connectivity index (χ2n) is 6.54. The molecule has 0 atom stereocenters. The number of amides is 1. The first kappa shape index (κ1) is 18.5. The summed E-state index contributed by atoms with van der Waals surface area (Å²) in [5.41, 5.74) is 8.25. The first-order chi connectivity index (χ1) is 13.5. The number of carbonyl (C=O) groups is 1. The molecule has 0 saturated carbocycles. The van der Waals surface area contributed by atoms with E-state index in [2.05, 4.69) is 20.2 Å². The van der Waals surface area contributed by atoms with Crippen LogP contribution in [-0.2, 0) is 16.1 Å². The fourth-order valence-corrected chi connectivity index (χ4v) is 4.27. The van der Waals surface area contributed by atoms with E-state index in [1.165, 1.54) is 6.92 Å². The van der Waals surface area contributed by atoms with Gasteiger partial charge >= 0.3 is 0 Å². The maximum Gasteiger partial charge on any atom is 0.219 e. The maximum absolute atomic E-state index is 11.3. The summed E-state index contributed by atoms with van der Waals surface area (Å²) in [6.45, 7) is 6.87. The highest BCUT2D eigenvalue weighted by molar-refractivity contribution is 7.19. The molecule has 10 heteroatoms. The molecule has 4 rings (SSSR count). The van der Waals surface area contributed by atoms with Crippen molar-refractivity contribution in [3.63, 3.8) is 0 Å². The molecule has 0 spiro atoms. The van der Waals surface area contributed by atoms with E-state index in [1.54, 1.807) is 23.7 Å². The molecule has 0 radical (unpaired) electrons. The highest BCUT2D eigenvalue weighted by atomic mass is 32.1. The van der Waals surface area contributed by atoms with Crippen molar-refractivity contribution in [3.05, 3.63) is 22.8 Å². The Balaban J connectivity index is 1.85. The second kappa shape index (κ2) is 7.64. The first-order valence-electron chi connectivity index (χ1n) is 8.98. The molecule has 3 N–H and O–H groups in total. The average molecular weight is 399 g/mol. The molecule has 1 saturated heterocycles. The van der Waals surface area contributed by atoms with Crippen LogP contribution in [0.15, 0.2) is 12.4 Å². The molecule has 3 aromatic rings. The molecule has 4 heterocycles. The second-order valence-corrected chi connectivity index (χ2v) is 7.64. The molecule has 1 amide bonds.